The first-order chi connectivity index (χ1) is 7.24. The third-order valence-electron chi connectivity index (χ3n) is 2.20. The van der Waals surface area contributed by atoms with E-state index in [2.05, 4.69) is 11.6 Å². The minimum atomic E-state index is -0.428. The Morgan fingerprint density at radius 3 is 2.87 bits per heavy atom. The maximum absolute atomic E-state index is 10.8. The third-order valence-corrected chi connectivity index (χ3v) is 2.20. The summed E-state index contributed by atoms with van der Waals surface area (Å²) < 4.78 is 0. The highest BCUT2D eigenvalue weighted by Gasteiger charge is 2.13. The Hall–Kier alpha value is -2.23. The van der Waals surface area contributed by atoms with Crippen LogP contribution in [0.25, 0.3) is 17.0 Å². The summed E-state index contributed by atoms with van der Waals surface area (Å²) in [5, 5.41) is 11.5. The Morgan fingerprint density at radius 1 is 1.40 bits per heavy atom. The number of fused-ring (bicyclic) bond motifs is 1. The van der Waals surface area contributed by atoms with E-state index in [1.807, 2.05) is 0 Å². The van der Waals surface area contributed by atoms with Gasteiger partial charge < -0.3 is 0 Å². The Labute approximate surface area is 86.0 Å². The van der Waals surface area contributed by atoms with Crippen molar-refractivity contribution < 1.29 is 4.92 Å². The van der Waals surface area contributed by atoms with Gasteiger partial charge in [-0.25, -0.2) is 4.98 Å². The molecular formula is C11H8N2O2. The standard InChI is InChI=1S/C11H8N2O2/c1-2-8-5-6-10(13(14)15)11-9(8)4-3-7-12-11/h2-7H,1H2. The highest BCUT2D eigenvalue weighted by Crippen LogP contribution is 2.26. The van der Waals surface area contributed by atoms with Gasteiger partial charge in [0.1, 0.15) is 5.52 Å². The maximum atomic E-state index is 10.8. The predicted octanol–water partition coefficient (Wildman–Crippen LogP) is 2.79. The fraction of sp³-hybridized carbons (Fsp3) is 0. The van der Waals surface area contributed by atoms with Crippen LogP contribution in [0.1, 0.15) is 5.56 Å². The molecule has 0 atom stereocenters. The second-order valence-electron chi connectivity index (χ2n) is 3.03. The largest absolute Gasteiger partial charge is 0.295 e. The summed E-state index contributed by atoms with van der Waals surface area (Å²) >= 11 is 0. The Morgan fingerprint density at radius 2 is 2.20 bits per heavy atom. The molecule has 0 spiro atoms. The molecule has 0 aliphatic rings. The summed E-state index contributed by atoms with van der Waals surface area (Å²) in [6.45, 7) is 3.66. The number of nitro groups is 1. The van der Waals surface area contributed by atoms with Gasteiger partial charge in [0.2, 0.25) is 0 Å². The van der Waals surface area contributed by atoms with E-state index in [0.29, 0.717) is 5.52 Å². The second-order valence-corrected chi connectivity index (χ2v) is 3.03. The first kappa shape index (κ1) is 9.33. The zero-order chi connectivity index (χ0) is 10.8. The first-order valence-electron chi connectivity index (χ1n) is 4.38. The van der Waals surface area contributed by atoms with Gasteiger partial charge in [0.15, 0.2) is 0 Å². The lowest BCUT2D eigenvalue weighted by atomic mass is 10.1. The average molecular weight is 200 g/mol. The number of hydrogen-bond acceptors (Lipinski definition) is 3. The summed E-state index contributed by atoms with van der Waals surface area (Å²) in [5.74, 6) is 0. The predicted molar refractivity (Wildman–Crippen MR) is 58.5 cm³/mol. The zero-order valence-electron chi connectivity index (χ0n) is 7.88. The van der Waals surface area contributed by atoms with E-state index in [9.17, 15) is 10.1 Å². The van der Waals surface area contributed by atoms with Crippen LogP contribution < -0.4 is 0 Å². The van der Waals surface area contributed by atoms with Crippen LogP contribution in [0.4, 0.5) is 5.69 Å². The number of nitrogens with zero attached hydrogens (tertiary/aromatic N) is 2. The SMILES string of the molecule is C=Cc1ccc([N+](=O)[O-])c2ncccc12. The fourth-order valence-corrected chi connectivity index (χ4v) is 1.51. The van der Waals surface area contributed by atoms with Gasteiger partial charge >= 0.3 is 0 Å². The lowest BCUT2D eigenvalue weighted by Crippen LogP contribution is -1.92. The van der Waals surface area contributed by atoms with Crippen LogP contribution in [0.2, 0.25) is 0 Å². The minimum Gasteiger partial charge on any atom is -0.258 e. The van der Waals surface area contributed by atoms with Gasteiger partial charge in [-0.15, -0.1) is 0 Å². The molecule has 0 saturated heterocycles. The molecule has 74 valence electrons. The zero-order valence-corrected chi connectivity index (χ0v) is 7.88. The van der Waals surface area contributed by atoms with Crippen molar-refractivity contribution in [2.75, 3.05) is 0 Å². The van der Waals surface area contributed by atoms with Crippen LogP contribution in [-0.4, -0.2) is 9.91 Å². The van der Waals surface area contributed by atoms with E-state index in [0.717, 1.165) is 10.9 Å². The molecule has 0 unspecified atom stereocenters. The number of pyridine rings is 1. The summed E-state index contributed by atoms with van der Waals surface area (Å²) in [6.07, 6.45) is 3.20. The highest BCUT2D eigenvalue weighted by atomic mass is 16.6. The Balaban J connectivity index is 2.89. The molecule has 1 aromatic heterocycles. The van der Waals surface area contributed by atoms with Gasteiger partial charge in [-0.05, 0) is 17.7 Å². The van der Waals surface area contributed by atoms with E-state index in [-0.39, 0.29) is 5.69 Å². The highest BCUT2D eigenvalue weighted by molar-refractivity contribution is 5.93. The van der Waals surface area contributed by atoms with Crippen molar-refractivity contribution in [2.24, 2.45) is 0 Å². The van der Waals surface area contributed by atoms with Gasteiger partial charge in [-0.2, -0.15) is 0 Å². The van der Waals surface area contributed by atoms with Gasteiger partial charge in [-0.3, -0.25) is 10.1 Å². The molecular weight excluding hydrogens is 192 g/mol. The van der Waals surface area contributed by atoms with Gasteiger partial charge in [-0.1, -0.05) is 18.7 Å². The van der Waals surface area contributed by atoms with E-state index in [1.165, 1.54) is 6.07 Å². The van der Waals surface area contributed by atoms with Crippen LogP contribution in [0.15, 0.2) is 37.0 Å². The fourth-order valence-electron chi connectivity index (χ4n) is 1.51. The van der Waals surface area contributed by atoms with Crippen LogP contribution in [0, 0.1) is 10.1 Å². The van der Waals surface area contributed by atoms with Crippen LogP contribution in [-0.2, 0) is 0 Å². The summed E-state index contributed by atoms with van der Waals surface area (Å²) in [6, 6.07) is 6.67. The lowest BCUT2D eigenvalue weighted by molar-refractivity contribution is -0.383. The molecule has 1 aromatic carbocycles. The number of hydrogen-bond donors (Lipinski definition) is 0. The molecule has 0 bridgehead atoms. The molecule has 0 N–H and O–H groups in total. The van der Waals surface area contributed by atoms with Crippen LogP contribution in [0.3, 0.4) is 0 Å². The van der Waals surface area contributed by atoms with Gasteiger partial charge in [0, 0.05) is 17.6 Å². The van der Waals surface area contributed by atoms with Crippen LogP contribution >= 0.6 is 0 Å². The van der Waals surface area contributed by atoms with Crippen molar-refractivity contribution in [2.45, 2.75) is 0 Å². The molecule has 0 radical (unpaired) electrons. The number of aromatic nitrogens is 1. The molecule has 4 nitrogen and oxygen atoms in total. The minimum absolute atomic E-state index is 0.0243. The summed E-state index contributed by atoms with van der Waals surface area (Å²) in [7, 11) is 0. The second kappa shape index (κ2) is 3.49. The van der Waals surface area contributed by atoms with E-state index >= 15 is 0 Å². The first-order valence-corrected chi connectivity index (χ1v) is 4.38. The number of non-ortho nitro benzene ring substituents is 1. The van der Waals surface area contributed by atoms with Crippen molar-refractivity contribution in [3.63, 3.8) is 0 Å². The monoisotopic (exact) mass is 200 g/mol. The molecule has 2 aromatic rings. The molecule has 2 rings (SSSR count). The van der Waals surface area contributed by atoms with E-state index in [4.69, 9.17) is 0 Å². The van der Waals surface area contributed by atoms with Crippen LogP contribution in [0.5, 0.6) is 0 Å². The van der Waals surface area contributed by atoms with Gasteiger partial charge in [0.05, 0.1) is 4.92 Å². The van der Waals surface area contributed by atoms with E-state index in [1.54, 1.807) is 30.5 Å². The van der Waals surface area contributed by atoms with Crippen molar-refractivity contribution in [1.29, 1.82) is 0 Å². The maximum Gasteiger partial charge on any atom is 0.295 e. The molecule has 15 heavy (non-hydrogen) atoms. The molecule has 0 fully saturated rings. The molecule has 1 heterocycles. The average Bonchev–Trinajstić information content (AvgIpc) is 2.27. The van der Waals surface area contributed by atoms with Crippen molar-refractivity contribution in [3.8, 4) is 0 Å². The quantitative estimate of drug-likeness (QED) is 0.553. The lowest BCUT2D eigenvalue weighted by Gasteiger charge is -2.01. The molecule has 0 aliphatic carbocycles. The molecule has 0 amide bonds. The number of benzene rings is 1. The summed E-state index contributed by atoms with van der Waals surface area (Å²) in [5.41, 5.74) is 1.28. The smallest absolute Gasteiger partial charge is 0.258 e. The molecule has 4 heteroatoms. The Bertz CT molecular complexity index is 549. The number of nitro benzene ring substituents is 1. The molecule has 0 saturated carbocycles. The van der Waals surface area contributed by atoms with Crippen molar-refractivity contribution in [3.05, 3.63) is 52.7 Å². The third kappa shape index (κ3) is 1.46. The molecule has 0 aliphatic heterocycles. The van der Waals surface area contributed by atoms with Gasteiger partial charge in [0.25, 0.3) is 5.69 Å². The van der Waals surface area contributed by atoms with E-state index < -0.39 is 4.92 Å². The van der Waals surface area contributed by atoms with Crippen molar-refractivity contribution in [1.82, 2.24) is 4.98 Å². The normalized spacial score (nSPS) is 10.1. The summed E-state index contributed by atoms with van der Waals surface area (Å²) in [4.78, 5) is 14.3. The topological polar surface area (TPSA) is 56.0 Å². The number of rotatable bonds is 2. The van der Waals surface area contributed by atoms with Crippen molar-refractivity contribution >= 4 is 22.7 Å². The Kier molecular flexibility index (Phi) is 2.17.